The first-order valence-electron chi connectivity index (χ1n) is 10.7. The van der Waals surface area contributed by atoms with Gasteiger partial charge in [0.2, 0.25) is 11.8 Å². The van der Waals surface area contributed by atoms with Crippen molar-refractivity contribution in [3.05, 3.63) is 0 Å². The number of rotatable bonds is 6. The largest absolute Gasteiger partial charge is 0.354 e. The van der Waals surface area contributed by atoms with Gasteiger partial charge in [0.25, 0.3) is 0 Å². The van der Waals surface area contributed by atoms with E-state index in [9.17, 15) is 9.59 Å². The molecule has 1 N–H and O–H groups in total. The Morgan fingerprint density at radius 1 is 1.00 bits per heavy atom. The normalized spacial score (nSPS) is 19.4. The van der Waals surface area contributed by atoms with Crippen LogP contribution in [0.3, 0.4) is 0 Å². The monoisotopic (exact) mass is 522 g/mol. The molecule has 2 aliphatic rings. The first kappa shape index (κ1) is 25.9. The maximum atomic E-state index is 12.5. The summed E-state index contributed by atoms with van der Waals surface area (Å²) in [7, 11) is 3.50. The van der Waals surface area contributed by atoms with E-state index in [1.165, 1.54) is 6.42 Å². The zero-order valence-corrected chi connectivity index (χ0v) is 20.9. The molecule has 1 unspecified atom stereocenters. The molecule has 9 heteroatoms. The molecule has 0 bridgehead atoms. The highest BCUT2D eigenvalue weighted by atomic mass is 127. The van der Waals surface area contributed by atoms with Crippen LogP contribution in [0.4, 0.5) is 0 Å². The average molecular weight is 522 g/mol. The van der Waals surface area contributed by atoms with Gasteiger partial charge in [-0.25, -0.2) is 4.99 Å². The summed E-state index contributed by atoms with van der Waals surface area (Å²) in [5.74, 6) is 1.05. The minimum atomic E-state index is -0.00536. The number of guanidine groups is 1. The van der Waals surface area contributed by atoms with Gasteiger partial charge in [-0.15, -0.1) is 24.0 Å². The number of hydrogen-bond acceptors (Lipinski definition) is 4. The molecule has 2 fully saturated rings. The lowest BCUT2D eigenvalue weighted by Crippen LogP contribution is -2.55. The highest BCUT2D eigenvalue weighted by Crippen LogP contribution is 2.10. The predicted octanol–water partition coefficient (Wildman–Crippen LogP) is 1.07. The van der Waals surface area contributed by atoms with Crippen molar-refractivity contribution in [2.45, 2.75) is 45.6 Å². The predicted molar refractivity (Wildman–Crippen MR) is 128 cm³/mol. The van der Waals surface area contributed by atoms with Crippen LogP contribution in [-0.2, 0) is 9.59 Å². The van der Waals surface area contributed by atoms with Crippen LogP contribution >= 0.6 is 24.0 Å². The molecular weight excluding hydrogens is 483 g/mol. The summed E-state index contributed by atoms with van der Waals surface area (Å²) in [4.78, 5) is 37.0. The first-order chi connectivity index (χ1) is 13.4. The number of amides is 2. The van der Waals surface area contributed by atoms with E-state index in [-0.39, 0.29) is 42.3 Å². The van der Waals surface area contributed by atoms with Crippen LogP contribution in [0.2, 0.25) is 0 Å². The molecule has 2 saturated heterocycles. The topological polar surface area (TPSA) is 71.5 Å². The van der Waals surface area contributed by atoms with E-state index in [0.29, 0.717) is 12.6 Å². The third kappa shape index (κ3) is 8.65. The first-order valence-corrected chi connectivity index (χ1v) is 10.7. The smallest absolute Gasteiger partial charge is 0.243 e. The van der Waals surface area contributed by atoms with Gasteiger partial charge >= 0.3 is 0 Å². The highest BCUT2D eigenvalue weighted by molar-refractivity contribution is 14.0. The zero-order chi connectivity index (χ0) is 20.5. The Labute approximate surface area is 193 Å². The van der Waals surface area contributed by atoms with Crippen LogP contribution in [0, 0.1) is 0 Å². The fourth-order valence-electron chi connectivity index (χ4n) is 3.40. The Balaban J connectivity index is 0.00000420. The third-order valence-electron chi connectivity index (χ3n) is 5.59. The molecule has 0 aliphatic carbocycles. The third-order valence-corrected chi connectivity index (χ3v) is 5.59. The van der Waals surface area contributed by atoms with E-state index in [2.05, 4.69) is 34.0 Å². The Bertz CT molecular complexity index is 543. The van der Waals surface area contributed by atoms with Crippen LogP contribution in [0.5, 0.6) is 0 Å². The van der Waals surface area contributed by atoms with Crippen molar-refractivity contribution < 1.29 is 9.59 Å². The second-order valence-corrected chi connectivity index (χ2v) is 8.09. The molecule has 2 rings (SSSR count). The number of hydrogen-bond donors (Lipinski definition) is 1. The van der Waals surface area contributed by atoms with Gasteiger partial charge in [0, 0.05) is 59.4 Å². The molecule has 0 saturated carbocycles. The molecule has 0 spiro atoms. The quantitative estimate of drug-likeness (QED) is 0.321. The number of nitrogens with one attached hydrogen (secondary N) is 1. The maximum absolute atomic E-state index is 12.5. The van der Waals surface area contributed by atoms with Gasteiger partial charge in [0.1, 0.15) is 6.54 Å². The fourth-order valence-corrected chi connectivity index (χ4v) is 3.40. The number of likely N-dealkylation sites (tertiary alicyclic amines) is 1. The molecule has 0 aromatic carbocycles. The van der Waals surface area contributed by atoms with Gasteiger partial charge in [-0.05, 0) is 32.6 Å². The summed E-state index contributed by atoms with van der Waals surface area (Å²) in [6, 6.07) is 0.298. The van der Waals surface area contributed by atoms with Crippen molar-refractivity contribution in [3.63, 3.8) is 0 Å². The van der Waals surface area contributed by atoms with Gasteiger partial charge in [0.05, 0.1) is 6.54 Å². The standard InChI is InChI=1S/C20H38N6O2.HI/c1-5-17(2)22-20(21-15-18(27)23(3)4)26-13-11-24(12-14-26)16-19(28)25-9-7-6-8-10-25;/h17H,5-16H2,1-4H3,(H,21,22);1H. The van der Waals surface area contributed by atoms with Crippen LogP contribution in [0.15, 0.2) is 4.99 Å². The van der Waals surface area contributed by atoms with Crippen LogP contribution in [0.1, 0.15) is 39.5 Å². The summed E-state index contributed by atoms with van der Waals surface area (Å²) < 4.78 is 0. The average Bonchev–Trinajstić information content (AvgIpc) is 2.71. The molecule has 2 heterocycles. The van der Waals surface area contributed by atoms with E-state index in [1.54, 1.807) is 19.0 Å². The SMILES string of the molecule is CCC(C)NC(=NCC(=O)N(C)C)N1CCN(CC(=O)N2CCCCC2)CC1.I. The van der Waals surface area contributed by atoms with Gasteiger partial charge in [-0.1, -0.05) is 6.92 Å². The number of piperidine rings is 1. The molecule has 0 radical (unpaired) electrons. The number of carbonyl (C=O) groups is 2. The number of likely N-dealkylation sites (N-methyl/N-ethyl adjacent to an activating group) is 1. The Morgan fingerprint density at radius 2 is 1.62 bits per heavy atom. The van der Waals surface area contributed by atoms with E-state index >= 15 is 0 Å². The van der Waals surface area contributed by atoms with Gasteiger partial charge < -0.3 is 20.0 Å². The van der Waals surface area contributed by atoms with Crippen molar-refractivity contribution in [1.82, 2.24) is 24.9 Å². The minimum absolute atomic E-state index is 0. The van der Waals surface area contributed by atoms with Gasteiger partial charge in [0.15, 0.2) is 5.96 Å². The van der Waals surface area contributed by atoms with Crippen molar-refractivity contribution in [2.24, 2.45) is 4.99 Å². The summed E-state index contributed by atoms with van der Waals surface area (Å²) in [6.07, 6.45) is 4.49. The molecule has 168 valence electrons. The molecule has 2 aliphatic heterocycles. The van der Waals surface area contributed by atoms with Crippen molar-refractivity contribution in [3.8, 4) is 0 Å². The summed E-state index contributed by atoms with van der Waals surface area (Å²) >= 11 is 0. The van der Waals surface area contributed by atoms with Crippen LogP contribution in [-0.4, -0.2) is 110 Å². The van der Waals surface area contributed by atoms with Gasteiger partial charge in [-0.3, -0.25) is 14.5 Å². The number of halogens is 1. The maximum Gasteiger partial charge on any atom is 0.243 e. The van der Waals surface area contributed by atoms with E-state index < -0.39 is 0 Å². The summed E-state index contributed by atoms with van der Waals surface area (Å²) in [5, 5.41) is 3.45. The molecular formula is C20H39IN6O2. The van der Waals surface area contributed by atoms with Crippen molar-refractivity contribution in [2.75, 3.05) is 66.5 Å². The molecule has 0 aromatic rings. The minimum Gasteiger partial charge on any atom is -0.354 e. The fraction of sp³-hybridized carbons (Fsp3) is 0.850. The number of nitrogens with zero attached hydrogens (tertiary/aromatic N) is 5. The Morgan fingerprint density at radius 3 is 2.17 bits per heavy atom. The lowest BCUT2D eigenvalue weighted by atomic mass is 10.1. The molecule has 1 atom stereocenters. The number of carbonyl (C=O) groups excluding carboxylic acids is 2. The molecule has 8 nitrogen and oxygen atoms in total. The van der Waals surface area contributed by atoms with Crippen LogP contribution < -0.4 is 5.32 Å². The van der Waals surface area contributed by atoms with Crippen molar-refractivity contribution in [1.29, 1.82) is 0 Å². The second kappa shape index (κ2) is 13.3. The van der Waals surface area contributed by atoms with Crippen molar-refractivity contribution >= 4 is 41.8 Å². The second-order valence-electron chi connectivity index (χ2n) is 8.09. The van der Waals surface area contributed by atoms with E-state index in [4.69, 9.17) is 0 Å². The Hall–Kier alpha value is -1.10. The summed E-state index contributed by atoms with van der Waals surface area (Å²) in [5.41, 5.74) is 0. The van der Waals surface area contributed by atoms with Gasteiger partial charge in [-0.2, -0.15) is 0 Å². The lowest BCUT2D eigenvalue weighted by molar-refractivity contribution is -0.133. The lowest BCUT2D eigenvalue weighted by Gasteiger charge is -2.38. The van der Waals surface area contributed by atoms with E-state index in [1.807, 2.05) is 4.90 Å². The van der Waals surface area contributed by atoms with E-state index in [0.717, 1.165) is 64.5 Å². The van der Waals surface area contributed by atoms with Crippen LogP contribution in [0.25, 0.3) is 0 Å². The number of piperazine rings is 1. The molecule has 29 heavy (non-hydrogen) atoms. The Kier molecular flexibility index (Phi) is 11.9. The zero-order valence-electron chi connectivity index (χ0n) is 18.5. The molecule has 0 aromatic heterocycles. The molecule has 2 amide bonds. The number of aliphatic imine (C=N–C) groups is 1. The summed E-state index contributed by atoms with van der Waals surface area (Å²) in [6.45, 7) is 10.0. The highest BCUT2D eigenvalue weighted by Gasteiger charge is 2.24.